The van der Waals surface area contributed by atoms with Gasteiger partial charge >= 0.3 is 0 Å². The minimum absolute atomic E-state index is 0. The monoisotopic (exact) mass is 289 g/mol. The van der Waals surface area contributed by atoms with Crippen LogP contribution in [0.25, 0.3) is 0 Å². The quantitative estimate of drug-likeness (QED) is 0.842. The Bertz CT molecular complexity index is 449. The zero-order valence-corrected chi connectivity index (χ0v) is 11.6. The summed E-state index contributed by atoms with van der Waals surface area (Å²) in [6.07, 6.45) is 0. The van der Waals surface area contributed by atoms with Crippen molar-refractivity contribution in [3.05, 3.63) is 21.9 Å². The van der Waals surface area contributed by atoms with Crippen LogP contribution in [-0.4, -0.2) is 42.4 Å². The summed E-state index contributed by atoms with van der Waals surface area (Å²) < 4.78 is 0. The number of nitrogens with one attached hydrogen (secondary N) is 1. The third-order valence-electron chi connectivity index (χ3n) is 2.82. The number of rotatable bonds is 2. The van der Waals surface area contributed by atoms with Gasteiger partial charge in [-0.25, -0.2) is 0 Å². The summed E-state index contributed by atoms with van der Waals surface area (Å²) >= 11 is 1.16. The highest BCUT2D eigenvalue weighted by molar-refractivity contribution is 7.15. The first-order valence-corrected chi connectivity index (χ1v) is 6.32. The van der Waals surface area contributed by atoms with Crippen molar-refractivity contribution in [3.8, 4) is 0 Å². The molecular formula is C11H16ClN3O2S. The second-order valence-electron chi connectivity index (χ2n) is 4.08. The highest BCUT2D eigenvalue weighted by atomic mass is 35.5. The van der Waals surface area contributed by atoms with E-state index >= 15 is 0 Å². The van der Waals surface area contributed by atoms with E-state index in [2.05, 4.69) is 5.32 Å². The third kappa shape index (κ3) is 3.01. The fraction of sp³-hybridized carbons (Fsp3) is 0.455. The minimum atomic E-state index is -0.484. The predicted octanol–water partition coefficient (Wildman–Crippen LogP) is 0.703. The van der Waals surface area contributed by atoms with Crippen molar-refractivity contribution in [2.75, 3.05) is 19.6 Å². The average molecular weight is 290 g/mol. The molecule has 18 heavy (non-hydrogen) atoms. The van der Waals surface area contributed by atoms with Gasteiger partial charge < -0.3 is 16.0 Å². The number of carbonyl (C=O) groups excluding carboxylic acids is 2. The van der Waals surface area contributed by atoms with Crippen LogP contribution in [0.15, 0.2) is 12.1 Å². The van der Waals surface area contributed by atoms with Gasteiger partial charge in [0.15, 0.2) is 0 Å². The first kappa shape index (κ1) is 14.9. The standard InChI is InChI=1S/C11H15N3O2S.ClH/c1-7-6-13-4-5-14(7)11(16)9-3-2-8(17-9)10(12)15;/h2-3,7,13H,4-6H2,1H3,(H2,12,15);1H/t7-;/m1./s1. The number of piperazine rings is 1. The molecule has 1 aromatic rings. The summed E-state index contributed by atoms with van der Waals surface area (Å²) in [7, 11) is 0. The molecule has 1 aliphatic heterocycles. The highest BCUT2D eigenvalue weighted by Crippen LogP contribution is 2.19. The molecule has 1 aromatic heterocycles. The Labute approximate surface area is 116 Å². The summed E-state index contributed by atoms with van der Waals surface area (Å²) in [5.41, 5.74) is 5.17. The Balaban J connectivity index is 0.00000162. The van der Waals surface area contributed by atoms with E-state index in [4.69, 9.17) is 5.73 Å². The van der Waals surface area contributed by atoms with Gasteiger partial charge in [-0.05, 0) is 19.1 Å². The van der Waals surface area contributed by atoms with E-state index in [-0.39, 0.29) is 24.4 Å². The Morgan fingerprint density at radius 2 is 2.11 bits per heavy atom. The number of thiophene rings is 1. The Kier molecular flexibility index (Phi) is 5.13. The summed E-state index contributed by atoms with van der Waals surface area (Å²) in [4.78, 5) is 26.0. The number of halogens is 1. The maximum atomic E-state index is 12.2. The molecule has 0 spiro atoms. The SMILES string of the molecule is C[C@@H]1CNCCN1C(=O)c1ccc(C(N)=O)s1.Cl. The van der Waals surface area contributed by atoms with Crippen LogP contribution >= 0.6 is 23.7 Å². The van der Waals surface area contributed by atoms with E-state index in [0.717, 1.165) is 24.4 Å². The van der Waals surface area contributed by atoms with Crippen LogP contribution < -0.4 is 11.1 Å². The summed E-state index contributed by atoms with van der Waals surface area (Å²) in [6, 6.07) is 3.45. The number of nitrogens with two attached hydrogens (primary N) is 1. The summed E-state index contributed by atoms with van der Waals surface area (Å²) in [5.74, 6) is -0.501. The lowest BCUT2D eigenvalue weighted by molar-refractivity contribution is 0.0660. The van der Waals surface area contributed by atoms with Crippen molar-refractivity contribution in [1.29, 1.82) is 0 Å². The molecule has 100 valence electrons. The van der Waals surface area contributed by atoms with Gasteiger partial charge in [0.25, 0.3) is 11.8 Å². The highest BCUT2D eigenvalue weighted by Gasteiger charge is 2.25. The molecule has 3 N–H and O–H groups in total. The largest absolute Gasteiger partial charge is 0.365 e. The summed E-state index contributed by atoms with van der Waals surface area (Å²) in [6.45, 7) is 4.32. The van der Waals surface area contributed by atoms with Crippen molar-refractivity contribution in [3.63, 3.8) is 0 Å². The van der Waals surface area contributed by atoms with Gasteiger partial charge in [-0.1, -0.05) is 0 Å². The van der Waals surface area contributed by atoms with E-state index in [1.807, 2.05) is 11.8 Å². The maximum absolute atomic E-state index is 12.2. The van der Waals surface area contributed by atoms with E-state index < -0.39 is 5.91 Å². The zero-order chi connectivity index (χ0) is 12.4. The lowest BCUT2D eigenvalue weighted by Gasteiger charge is -2.33. The van der Waals surface area contributed by atoms with Crippen molar-refractivity contribution in [2.24, 2.45) is 5.73 Å². The van der Waals surface area contributed by atoms with Gasteiger partial charge in [-0.2, -0.15) is 0 Å². The van der Waals surface area contributed by atoms with Gasteiger partial charge in [0.1, 0.15) is 0 Å². The molecule has 5 nitrogen and oxygen atoms in total. The molecule has 1 saturated heterocycles. The predicted molar refractivity (Wildman–Crippen MR) is 73.5 cm³/mol. The number of hydrogen-bond donors (Lipinski definition) is 2. The molecule has 0 radical (unpaired) electrons. The van der Waals surface area contributed by atoms with Gasteiger partial charge in [0.2, 0.25) is 0 Å². The fourth-order valence-corrected chi connectivity index (χ4v) is 2.68. The zero-order valence-electron chi connectivity index (χ0n) is 10.0. The van der Waals surface area contributed by atoms with E-state index in [1.54, 1.807) is 12.1 Å². The molecule has 1 atom stereocenters. The van der Waals surface area contributed by atoms with Crippen molar-refractivity contribution < 1.29 is 9.59 Å². The summed E-state index contributed by atoms with van der Waals surface area (Å²) in [5, 5.41) is 3.23. The Hall–Kier alpha value is -1.11. The number of amides is 2. The number of hydrogen-bond acceptors (Lipinski definition) is 4. The van der Waals surface area contributed by atoms with Crippen LogP contribution in [-0.2, 0) is 0 Å². The number of carbonyl (C=O) groups is 2. The number of nitrogens with zero attached hydrogens (tertiary/aromatic N) is 1. The number of primary amides is 1. The molecule has 0 bridgehead atoms. The minimum Gasteiger partial charge on any atom is -0.365 e. The molecule has 0 unspecified atom stereocenters. The van der Waals surface area contributed by atoms with Crippen molar-refractivity contribution in [2.45, 2.75) is 13.0 Å². The molecule has 1 fully saturated rings. The first-order valence-electron chi connectivity index (χ1n) is 5.51. The molecule has 0 aromatic carbocycles. The molecular weight excluding hydrogens is 274 g/mol. The lowest BCUT2D eigenvalue weighted by Crippen LogP contribution is -2.52. The average Bonchev–Trinajstić information content (AvgIpc) is 2.78. The van der Waals surface area contributed by atoms with Crippen molar-refractivity contribution >= 4 is 35.6 Å². The Morgan fingerprint density at radius 1 is 1.44 bits per heavy atom. The first-order chi connectivity index (χ1) is 8.09. The van der Waals surface area contributed by atoms with E-state index in [1.165, 1.54) is 0 Å². The smallest absolute Gasteiger partial charge is 0.264 e. The van der Waals surface area contributed by atoms with Crippen LogP contribution in [0.2, 0.25) is 0 Å². The second-order valence-corrected chi connectivity index (χ2v) is 5.16. The van der Waals surface area contributed by atoms with Crippen LogP contribution in [0.5, 0.6) is 0 Å². The lowest BCUT2D eigenvalue weighted by atomic mass is 10.2. The van der Waals surface area contributed by atoms with Crippen LogP contribution in [0.1, 0.15) is 26.3 Å². The van der Waals surface area contributed by atoms with Gasteiger partial charge in [-0.15, -0.1) is 23.7 Å². The molecule has 2 amide bonds. The molecule has 2 rings (SSSR count). The molecule has 2 heterocycles. The second kappa shape index (κ2) is 6.17. The third-order valence-corrected chi connectivity index (χ3v) is 3.91. The fourth-order valence-electron chi connectivity index (χ4n) is 1.87. The van der Waals surface area contributed by atoms with Gasteiger partial charge in [0.05, 0.1) is 9.75 Å². The normalized spacial score (nSPS) is 19.2. The van der Waals surface area contributed by atoms with Crippen LogP contribution in [0.4, 0.5) is 0 Å². The van der Waals surface area contributed by atoms with Gasteiger partial charge in [-0.3, -0.25) is 9.59 Å². The molecule has 1 aliphatic rings. The van der Waals surface area contributed by atoms with Crippen molar-refractivity contribution in [1.82, 2.24) is 10.2 Å². The Morgan fingerprint density at radius 3 is 2.67 bits per heavy atom. The van der Waals surface area contributed by atoms with E-state index in [0.29, 0.717) is 16.3 Å². The van der Waals surface area contributed by atoms with Gasteiger partial charge in [0, 0.05) is 25.7 Å². The maximum Gasteiger partial charge on any atom is 0.264 e. The topological polar surface area (TPSA) is 75.4 Å². The van der Waals surface area contributed by atoms with Crippen LogP contribution in [0.3, 0.4) is 0 Å². The van der Waals surface area contributed by atoms with E-state index in [9.17, 15) is 9.59 Å². The molecule has 7 heteroatoms. The molecule has 0 aliphatic carbocycles. The molecule has 0 saturated carbocycles. The van der Waals surface area contributed by atoms with Crippen LogP contribution in [0, 0.1) is 0 Å².